The Morgan fingerprint density at radius 1 is 1.17 bits per heavy atom. The van der Waals surface area contributed by atoms with Crippen molar-refractivity contribution in [1.29, 1.82) is 0 Å². The van der Waals surface area contributed by atoms with Gasteiger partial charge in [-0.15, -0.1) is 0 Å². The van der Waals surface area contributed by atoms with Crippen molar-refractivity contribution in [3.63, 3.8) is 0 Å². The van der Waals surface area contributed by atoms with Crippen molar-refractivity contribution in [1.82, 2.24) is 9.80 Å². The molecular weight excluding hydrogens is 478 g/mol. The van der Waals surface area contributed by atoms with Crippen molar-refractivity contribution in [2.24, 2.45) is 0 Å². The highest BCUT2D eigenvalue weighted by molar-refractivity contribution is 6.46. The van der Waals surface area contributed by atoms with Crippen LogP contribution in [0.4, 0.5) is 5.69 Å². The number of nitrogens with zero attached hydrogens (tertiary/aromatic N) is 3. The number of halogens is 1. The van der Waals surface area contributed by atoms with Crippen LogP contribution in [-0.4, -0.2) is 78.0 Å². The molecule has 1 N–H and O–H groups in total. The van der Waals surface area contributed by atoms with Crippen LogP contribution in [0.2, 0.25) is 5.02 Å². The monoisotopic (exact) mass is 501 g/mol. The maximum absolute atomic E-state index is 13.1. The minimum atomic E-state index is -0.919. The number of rotatable bonds is 7. The number of Topliss-reactive ketones (excluding diaryl/α,β-unsaturated/α-hetero) is 1. The van der Waals surface area contributed by atoms with Gasteiger partial charge >= 0.3 is 0 Å². The molecule has 0 spiro atoms. The van der Waals surface area contributed by atoms with E-state index in [1.54, 1.807) is 6.07 Å². The van der Waals surface area contributed by atoms with Crippen LogP contribution in [0.5, 0.6) is 5.75 Å². The number of nitro benzene ring substituents is 1. The number of aliphatic hydroxyl groups excluding tert-OH is 1. The van der Waals surface area contributed by atoms with Crippen LogP contribution in [-0.2, 0) is 14.3 Å². The number of non-ortho nitro benzene ring substituents is 1. The van der Waals surface area contributed by atoms with Gasteiger partial charge in [-0.1, -0.05) is 11.6 Å². The Kier molecular flexibility index (Phi) is 7.34. The Bertz CT molecular complexity index is 1180. The van der Waals surface area contributed by atoms with E-state index in [0.29, 0.717) is 44.2 Å². The van der Waals surface area contributed by atoms with Crippen molar-refractivity contribution < 1.29 is 29.1 Å². The number of ether oxygens (including phenoxy) is 2. The third-order valence-corrected chi connectivity index (χ3v) is 6.44. The van der Waals surface area contributed by atoms with Crippen molar-refractivity contribution in [2.45, 2.75) is 6.04 Å². The van der Waals surface area contributed by atoms with Gasteiger partial charge in [-0.05, 0) is 35.9 Å². The molecule has 0 bridgehead atoms. The number of morpholine rings is 1. The minimum Gasteiger partial charge on any atom is -0.507 e. The predicted octanol–water partition coefficient (Wildman–Crippen LogP) is 3.01. The molecule has 35 heavy (non-hydrogen) atoms. The number of ketones is 1. The average Bonchev–Trinajstić information content (AvgIpc) is 3.12. The summed E-state index contributed by atoms with van der Waals surface area (Å²) in [7, 11) is 1.45. The van der Waals surface area contributed by atoms with Gasteiger partial charge in [0, 0.05) is 43.9 Å². The maximum atomic E-state index is 13.1. The normalized spacial score (nSPS) is 20.3. The van der Waals surface area contributed by atoms with E-state index in [0.717, 1.165) is 0 Å². The van der Waals surface area contributed by atoms with Crippen molar-refractivity contribution >= 4 is 34.7 Å². The fourth-order valence-electron chi connectivity index (χ4n) is 4.28. The highest BCUT2D eigenvalue weighted by Crippen LogP contribution is 2.40. The molecule has 1 amide bonds. The summed E-state index contributed by atoms with van der Waals surface area (Å²) in [5, 5.41) is 22.5. The van der Waals surface area contributed by atoms with Crippen LogP contribution in [0, 0.1) is 10.1 Å². The first-order valence-electron chi connectivity index (χ1n) is 11.0. The Hall–Kier alpha value is -3.47. The SMILES string of the molecule is COc1ccc(C(O)=C2C(=O)C(=O)N(CCN3CCOCC3)[C@@H]2c2ccc([N+](=O)[O-])cc2)cc1Cl. The predicted molar refractivity (Wildman–Crippen MR) is 127 cm³/mol. The molecule has 0 aliphatic carbocycles. The van der Waals surface area contributed by atoms with Gasteiger partial charge in [0.05, 0.1) is 41.9 Å². The number of carbonyl (C=O) groups is 2. The second-order valence-electron chi connectivity index (χ2n) is 8.14. The van der Waals surface area contributed by atoms with Crippen LogP contribution in [0.25, 0.3) is 5.76 Å². The molecule has 2 saturated heterocycles. The summed E-state index contributed by atoms with van der Waals surface area (Å²) in [6.45, 7) is 3.32. The summed E-state index contributed by atoms with van der Waals surface area (Å²) in [5.41, 5.74) is 0.486. The lowest BCUT2D eigenvalue weighted by Gasteiger charge is -2.31. The molecule has 10 nitrogen and oxygen atoms in total. The molecule has 11 heteroatoms. The van der Waals surface area contributed by atoms with Gasteiger partial charge in [0.15, 0.2) is 0 Å². The quantitative estimate of drug-likeness (QED) is 0.202. The molecule has 2 fully saturated rings. The number of nitro groups is 1. The number of aliphatic hydroxyl groups is 1. The largest absolute Gasteiger partial charge is 0.507 e. The summed E-state index contributed by atoms with van der Waals surface area (Å²) >= 11 is 6.21. The fraction of sp³-hybridized carbons (Fsp3) is 0.333. The van der Waals surface area contributed by atoms with E-state index < -0.39 is 22.7 Å². The molecule has 2 aromatic carbocycles. The zero-order valence-electron chi connectivity index (χ0n) is 19.0. The number of carbonyl (C=O) groups excluding carboxylic acids is 2. The van der Waals surface area contributed by atoms with Crippen molar-refractivity contribution in [3.8, 4) is 5.75 Å². The fourth-order valence-corrected chi connectivity index (χ4v) is 4.54. The lowest BCUT2D eigenvalue weighted by atomic mass is 9.95. The summed E-state index contributed by atoms with van der Waals surface area (Å²) in [4.78, 5) is 40.3. The molecular formula is C24H24ClN3O7. The van der Waals surface area contributed by atoms with Crippen LogP contribution in [0.1, 0.15) is 17.2 Å². The standard InChI is InChI=1S/C24H24ClN3O7/c1-34-19-7-4-16(14-18(19)25)22(29)20-21(15-2-5-17(6-3-15)28(32)33)27(24(31)23(20)30)9-8-26-10-12-35-13-11-26/h2-7,14,21,29H,8-13H2,1H3/t21-/m1/s1. The molecule has 2 aliphatic heterocycles. The van der Waals surface area contributed by atoms with E-state index in [2.05, 4.69) is 4.90 Å². The van der Waals surface area contributed by atoms with Gasteiger partial charge in [0.1, 0.15) is 11.5 Å². The van der Waals surface area contributed by atoms with E-state index in [1.807, 2.05) is 0 Å². The van der Waals surface area contributed by atoms with Gasteiger partial charge < -0.3 is 19.5 Å². The molecule has 1 atom stereocenters. The number of hydrogen-bond acceptors (Lipinski definition) is 8. The first kappa shape index (κ1) is 24.6. The van der Waals surface area contributed by atoms with E-state index in [1.165, 1.54) is 48.4 Å². The average molecular weight is 502 g/mol. The molecule has 2 heterocycles. The van der Waals surface area contributed by atoms with Crippen LogP contribution in [0.3, 0.4) is 0 Å². The lowest BCUT2D eigenvalue weighted by Crippen LogP contribution is -2.42. The zero-order chi connectivity index (χ0) is 25.1. The topological polar surface area (TPSA) is 122 Å². The lowest BCUT2D eigenvalue weighted by molar-refractivity contribution is -0.384. The third kappa shape index (κ3) is 5.00. The van der Waals surface area contributed by atoms with Gasteiger partial charge in [0.25, 0.3) is 17.4 Å². The van der Waals surface area contributed by atoms with E-state index >= 15 is 0 Å². The zero-order valence-corrected chi connectivity index (χ0v) is 19.7. The molecule has 0 aromatic heterocycles. The van der Waals surface area contributed by atoms with Crippen LogP contribution in [0.15, 0.2) is 48.0 Å². The van der Waals surface area contributed by atoms with E-state index in [-0.39, 0.29) is 34.2 Å². The van der Waals surface area contributed by atoms with E-state index in [4.69, 9.17) is 21.1 Å². The molecule has 0 saturated carbocycles. The smallest absolute Gasteiger partial charge is 0.295 e. The molecule has 2 aliphatic rings. The number of amides is 1. The Morgan fingerprint density at radius 3 is 2.46 bits per heavy atom. The summed E-state index contributed by atoms with van der Waals surface area (Å²) < 4.78 is 10.5. The third-order valence-electron chi connectivity index (χ3n) is 6.15. The number of hydrogen-bond donors (Lipinski definition) is 1. The Labute approximate surface area is 206 Å². The summed E-state index contributed by atoms with van der Waals surface area (Å²) in [6, 6.07) is 9.21. The summed E-state index contributed by atoms with van der Waals surface area (Å²) in [5.74, 6) is -1.58. The number of benzene rings is 2. The Morgan fingerprint density at radius 2 is 1.86 bits per heavy atom. The number of likely N-dealkylation sites (tertiary alicyclic amines) is 1. The molecule has 0 unspecified atom stereocenters. The first-order valence-corrected chi connectivity index (χ1v) is 11.4. The van der Waals surface area contributed by atoms with Crippen molar-refractivity contribution in [2.75, 3.05) is 46.5 Å². The van der Waals surface area contributed by atoms with Crippen LogP contribution >= 0.6 is 11.6 Å². The van der Waals surface area contributed by atoms with Gasteiger partial charge in [0.2, 0.25) is 0 Å². The second kappa shape index (κ2) is 10.4. The highest BCUT2D eigenvalue weighted by atomic mass is 35.5. The van der Waals surface area contributed by atoms with Gasteiger partial charge in [-0.3, -0.25) is 24.6 Å². The Balaban J connectivity index is 1.76. The molecule has 2 aromatic rings. The number of methoxy groups -OCH3 is 1. The minimum absolute atomic E-state index is 0.105. The first-order chi connectivity index (χ1) is 16.8. The van der Waals surface area contributed by atoms with Crippen molar-refractivity contribution in [3.05, 3.63) is 74.3 Å². The summed E-state index contributed by atoms with van der Waals surface area (Å²) in [6.07, 6.45) is 0. The molecule has 4 rings (SSSR count). The maximum Gasteiger partial charge on any atom is 0.295 e. The van der Waals surface area contributed by atoms with Crippen LogP contribution < -0.4 is 4.74 Å². The van der Waals surface area contributed by atoms with Gasteiger partial charge in [-0.2, -0.15) is 0 Å². The highest BCUT2D eigenvalue weighted by Gasteiger charge is 2.46. The second-order valence-corrected chi connectivity index (χ2v) is 8.55. The van der Waals surface area contributed by atoms with E-state index in [9.17, 15) is 24.8 Å². The van der Waals surface area contributed by atoms with Gasteiger partial charge in [-0.25, -0.2) is 0 Å². The molecule has 184 valence electrons. The molecule has 0 radical (unpaired) electrons.